The minimum Gasteiger partial charge on any atom is -0.494 e. The van der Waals surface area contributed by atoms with Crippen molar-refractivity contribution < 1.29 is 14.3 Å². The fourth-order valence-corrected chi connectivity index (χ4v) is 2.09. The quantitative estimate of drug-likeness (QED) is 0.849. The molecule has 0 aliphatic heterocycles. The summed E-state index contributed by atoms with van der Waals surface area (Å²) in [6.07, 6.45) is 3.64. The average Bonchev–Trinajstić information content (AvgIpc) is 2.78. The molecule has 1 heterocycles. The van der Waals surface area contributed by atoms with Crippen LogP contribution in [0.5, 0.6) is 5.75 Å². The minimum absolute atomic E-state index is 0.386. The van der Waals surface area contributed by atoms with Gasteiger partial charge in [0, 0.05) is 19.4 Å². The summed E-state index contributed by atoms with van der Waals surface area (Å²) in [5.41, 5.74) is 1.71. The summed E-state index contributed by atoms with van der Waals surface area (Å²) < 4.78 is 13.7. The molecule has 0 spiro atoms. The maximum absolute atomic E-state index is 11.7. The Morgan fingerprint density at radius 1 is 1.29 bits per heavy atom. The van der Waals surface area contributed by atoms with Crippen LogP contribution >= 0.6 is 0 Å². The van der Waals surface area contributed by atoms with E-state index in [1.54, 1.807) is 21.3 Å². The molecule has 1 N–H and O–H groups in total. The number of benzene rings is 1. The molecule has 2 aromatic rings. The van der Waals surface area contributed by atoms with Crippen molar-refractivity contribution in [2.75, 3.05) is 13.7 Å². The lowest BCUT2D eigenvalue weighted by atomic mass is 10.1. The maximum Gasteiger partial charge on any atom is 0.337 e. The second-order valence-electron chi connectivity index (χ2n) is 4.65. The first-order valence-electron chi connectivity index (χ1n) is 6.66. The predicted octanol–water partition coefficient (Wildman–Crippen LogP) is 1.54. The zero-order valence-electron chi connectivity index (χ0n) is 12.4. The topological polar surface area (TPSA) is 69.2 Å². The molecule has 0 unspecified atom stereocenters. The summed E-state index contributed by atoms with van der Waals surface area (Å²) in [6.45, 7) is 2.90. The van der Waals surface area contributed by atoms with E-state index in [-0.39, 0.29) is 0 Å². The van der Waals surface area contributed by atoms with Crippen molar-refractivity contribution in [3.63, 3.8) is 0 Å². The number of carbonyl (C=O) groups excluding carboxylic acids is 1. The SMILES string of the molecule is CCOc1cc(Cn2ccn(C)c2=N)cc(C(=O)OC)c1. The normalized spacial score (nSPS) is 10.4. The molecule has 0 radical (unpaired) electrons. The molecule has 0 atom stereocenters. The van der Waals surface area contributed by atoms with Crippen molar-refractivity contribution in [1.82, 2.24) is 9.13 Å². The summed E-state index contributed by atoms with van der Waals surface area (Å²) >= 11 is 0. The van der Waals surface area contributed by atoms with Crippen molar-refractivity contribution in [2.45, 2.75) is 13.5 Å². The lowest BCUT2D eigenvalue weighted by Gasteiger charge is -2.10. The molecule has 21 heavy (non-hydrogen) atoms. The molecule has 1 aromatic heterocycles. The number of hydrogen-bond acceptors (Lipinski definition) is 4. The molecular weight excluding hydrogens is 270 g/mol. The van der Waals surface area contributed by atoms with Gasteiger partial charge in [-0.25, -0.2) is 4.79 Å². The van der Waals surface area contributed by atoms with Crippen LogP contribution in [-0.4, -0.2) is 28.8 Å². The molecule has 2 rings (SSSR count). The summed E-state index contributed by atoms with van der Waals surface area (Å²) in [5.74, 6) is 0.223. The molecule has 0 aliphatic carbocycles. The number of carbonyl (C=O) groups is 1. The molecule has 0 saturated heterocycles. The highest BCUT2D eigenvalue weighted by Gasteiger charge is 2.10. The van der Waals surface area contributed by atoms with Crippen molar-refractivity contribution in [1.29, 1.82) is 5.41 Å². The smallest absolute Gasteiger partial charge is 0.337 e. The number of rotatable bonds is 5. The highest BCUT2D eigenvalue weighted by Crippen LogP contribution is 2.19. The Morgan fingerprint density at radius 2 is 2.05 bits per heavy atom. The zero-order valence-corrected chi connectivity index (χ0v) is 12.4. The highest BCUT2D eigenvalue weighted by atomic mass is 16.5. The molecular formula is C15H19N3O3. The highest BCUT2D eigenvalue weighted by molar-refractivity contribution is 5.90. The first-order valence-corrected chi connectivity index (χ1v) is 6.66. The number of nitrogens with zero attached hydrogens (tertiary/aromatic N) is 2. The van der Waals surface area contributed by atoms with E-state index < -0.39 is 5.97 Å². The van der Waals surface area contributed by atoms with Gasteiger partial charge >= 0.3 is 5.97 Å². The van der Waals surface area contributed by atoms with Gasteiger partial charge in [0.1, 0.15) is 5.75 Å². The van der Waals surface area contributed by atoms with Crippen molar-refractivity contribution in [3.8, 4) is 5.75 Å². The van der Waals surface area contributed by atoms with Crippen LogP contribution in [0.15, 0.2) is 30.6 Å². The van der Waals surface area contributed by atoms with E-state index in [2.05, 4.69) is 0 Å². The Kier molecular flexibility index (Phi) is 4.47. The van der Waals surface area contributed by atoms with E-state index in [4.69, 9.17) is 14.9 Å². The van der Waals surface area contributed by atoms with E-state index in [1.165, 1.54) is 7.11 Å². The number of aromatic nitrogens is 2. The largest absolute Gasteiger partial charge is 0.494 e. The van der Waals surface area contributed by atoms with E-state index in [0.717, 1.165) is 5.56 Å². The van der Waals surface area contributed by atoms with Crippen LogP contribution in [0, 0.1) is 5.41 Å². The number of hydrogen-bond donors (Lipinski definition) is 1. The first-order chi connectivity index (χ1) is 10.0. The van der Waals surface area contributed by atoms with Gasteiger partial charge in [0.2, 0.25) is 5.62 Å². The summed E-state index contributed by atoms with van der Waals surface area (Å²) in [4.78, 5) is 11.7. The van der Waals surface area contributed by atoms with E-state index in [9.17, 15) is 4.79 Å². The van der Waals surface area contributed by atoms with Gasteiger partial charge in [-0.2, -0.15) is 0 Å². The third-order valence-electron chi connectivity index (χ3n) is 3.13. The van der Waals surface area contributed by atoms with E-state index >= 15 is 0 Å². The summed E-state index contributed by atoms with van der Waals surface area (Å²) in [7, 11) is 3.17. The Labute approximate surface area is 123 Å². The average molecular weight is 289 g/mol. The Morgan fingerprint density at radius 3 is 2.62 bits per heavy atom. The molecule has 6 heteroatoms. The minimum atomic E-state index is -0.401. The van der Waals surface area contributed by atoms with Gasteiger partial charge < -0.3 is 18.6 Å². The van der Waals surface area contributed by atoms with Gasteiger partial charge in [-0.3, -0.25) is 5.41 Å². The third-order valence-corrected chi connectivity index (χ3v) is 3.13. The molecule has 6 nitrogen and oxygen atoms in total. The van der Waals surface area contributed by atoms with Crippen LogP contribution in [-0.2, 0) is 18.3 Å². The molecule has 0 bridgehead atoms. The van der Waals surface area contributed by atoms with Gasteiger partial charge in [0.05, 0.1) is 25.8 Å². The van der Waals surface area contributed by atoms with Crippen LogP contribution in [0.25, 0.3) is 0 Å². The number of nitrogens with one attached hydrogen (secondary N) is 1. The second-order valence-corrected chi connectivity index (χ2v) is 4.65. The van der Waals surface area contributed by atoms with Crippen LogP contribution in [0.2, 0.25) is 0 Å². The zero-order chi connectivity index (χ0) is 15.4. The number of imidazole rings is 1. The van der Waals surface area contributed by atoms with Crippen LogP contribution in [0.4, 0.5) is 0 Å². The molecule has 0 fully saturated rings. The van der Waals surface area contributed by atoms with Gasteiger partial charge in [-0.05, 0) is 30.7 Å². The lowest BCUT2D eigenvalue weighted by Crippen LogP contribution is -2.22. The number of ether oxygens (including phenoxy) is 2. The predicted molar refractivity (Wildman–Crippen MR) is 77.3 cm³/mol. The van der Waals surface area contributed by atoms with Crippen LogP contribution in [0.3, 0.4) is 0 Å². The molecule has 0 saturated carbocycles. The van der Waals surface area contributed by atoms with Crippen LogP contribution in [0.1, 0.15) is 22.8 Å². The van der Waals surface area contributed by atoms with E-state index in [0.29, 0.717) is 30.1 Å². The van der Waals surface area contributed by atoms with E-state index in [1.807, 2.05) is 32.4 Å². The number of methoxy groups -OCH3 is 1. The van der Waals surface area contributed by atoms with Crippen LogP contribution < -0.4 is 10.4 Å². The van der Waals surface area contributed by atoms with Gasteiger partial charge in [0.15, 0.2) is 0 Å². The maximum atomic E-state index is 11.7. The molecule has 0 amide bonds. The summed E-state index contributed by atoms with van der Waals surface area (Å²) in [6, 6.07) is 5.29. The number of aryl methyl sites for hydroxylation is 1. The third kappa shape index (κ3) is 3.34. The Balaban J connectivity index is 2.37. The standard InChI is InChI=1S/C15H19N3O3/c1-4-21-13-8-11(7-12(9-13)14(19)20-3)10-18-6-5-17(2)15(18)16/h5-9,16H,4,10H2,1-3H3. The van der Waals surface area contributed by atoms with Gasteiger partial charge in [0.25, 0.3) is 0 Å². The first kappa shape index (κ1) is 14.9. The second kappa shape index (κ2) is 6.30. The molecule has 112 valence electrons. The lowest BCUT2D eigenvalue weighted by molar-refractivity contribution is 0.0600. The van der Waals surface area contributed by atoms with Crippen molar-refractivity contribution in [2.24, 2.45) is 7.05 Å². The Bertz CT molecular complexity index is 700. The Hall–Kier alpha value is -2.50. The summed E-state index contributed by atoms with van der Waals surface area (Å²) in [5, 5.41) is 7.94. The molecule has 0 aliphatic rings. The van der Waals surface area contributed by atoms with Gasteiger partial charge in [-0.1, -0.05) is 0 Å². The molecule has 1 aromatic carbocycles. The fraction of sp³-hybridized carbons (Fsp3) is 0.333. The van der Waals surface area contributed by atoms with Crippen molar-refractivity contribution in [3.05, 3.63) is 47.3 Å². The van der Waals surface area contributed by atoms with Crippen molar-refractivity contribution >= 4 is 5.97 Å². The fourth-order valence-electron chi connectivity index (χ4n) is 2.09. The van der Waals surface area contributed by atoms with Gasteiger partial charge in [-0.15, -0.1) is 0 Å². The monoisotopic (exact) mass is 289 g/mol. The number of esters is 1.